The number of halogens is 1. The standard InChI is InChI=1S/C8H10ClNO/c1-8(2,11)7-5-6(9)3-4-10-7/h3-5,11H,1-2H3. The van der Waals surface area contributed by atoms with E-state index in [-0.39, 0.29) is 0 Å². The number of aliphatic hydroxyl groups is 1. The highest BCUT2D eigenvalue weighted by molar-refractivity contribution is 6.30. The quantitative estimate of drug-likeness (QED) is 0.701. The molecule has 1 heterocycles. The van der Waals surface area contributed by atoms with Crippen LogP contribution in [0.2, 0.25) is 5.02 Å². The van der Waals surface area contributed by atoms with Crippen molar-refractivity contribution in [2.45, 2.75) is 19.4 Å². The average Bonchev–Trinajstić information content (AvgIpc) is 1.86. The van der Waals surface area contributed by atoms with Crippen molar-refractivity contribution in [2.75, 3.05) is 0 Å². The molecular formula is C8H10ClNO. The van der Waals surface area contributed by atoms with Gasteiger partial charge in [-0.3, -0.25) is 4.98 Å². The van der Waals surface area contributed by atoms with E-state index < -0.39 is 5.60 Å². The van der Waals surface area contributed by atoms with Crippen LogP contribution in [0.15, 0.2) is 18.3 Å². The van der Waals surface area contributed by atoms with Crippen LogP contribution in [0.3, 0.4) is 0 Å². The summed E-state index contributed by atoms with van der Waals surface area (Å²) in [4.78, 5) is 3.98. The third-order valence-electron chi connectivity index (χ3n) is 1.35. The molecule has 0 aliphatic carbocycles. The zero-order valence-corrected chi connectivity index (χ0v) is 7.26. The fraction of sp³-hybridized carbons (Fsp3) is 0.375. The van der Waals surface area contributed by atoms with Crippen LogP contribution in [0.25, 0.3) is 0 Å². The van der Waals surface area contributed by atoms with E-state index in [1.807, 2.05) is 0 Å². The van der Waals surface area contributed by atoms with E-state index in [2.05, 4.69) is 4.98 Å². The molecule has 1 aromatic rings. The van der Waals surface area contributed by atoms with Crippen molar-refractivity contribution >= 4 is 11.6 Å². The molecule has 0 spiro atoms. The van der Waals surface area contributed by atoms with Gasteiger partial charge in [-0.05, 0) is 26.0 Å². The van der Waals surface area contributed by atoms with Crippen LogP contribution < -0.4 is 0 Å². The number of hydrogen-bond acceptors (Lipinski definition) is 2. The number of nitrogens with zero attached hydrogens (tertiary/aromatic N) is 1. The maximum Gasteiger partial charge on any atom is 0.101 e. The minimum atomic E-state index is -0.912. The largest absolute Gasteiger partial charge is 0.384 e. The van der Waals surface area contributed by atoms with E-state index >= 15 is 0 Å². The van der Waals surface area contributed by atoms with Gasteiger partial charge in [0, 0.05) is 11.2 Å². The Morgan fingerprint density at radius 1 is 1.55 bits per heavy atom. The third kappa shape index (κ3) is 2.17. The summed E-state index contributed by atoms with van der Waals surface area (Å²) in [5, 5.41) is 10.1. The highest BCUT2D eigenvalue weighted by Crippen LogP contribution is 2.19. The van der Waals surface area contributed by atoms with Gasteiger partial charge in [-0.15, -0.1) is 0 Å². The topological polar surface area (TPSA) is 33.1 Å². The van der Waals surface area contributed by atoms with E-state index in [0.717, 1.165) is 0 Å². The number of hydrogen-bond donors (Lipinski definition) is 1. The van der Waals surface area contributed by atoms with Crippen LogP contribution in [0.5, 0.6) is 0 Å². The predicted octanol–water partition coefficient (Wildman–Crippen LogP) is 1.96. The minimum absolute atomic E-state index is 0.588. The molecule has 0 amide bonds. The van der Waals surface area contributed by atoms with Crippen LogP contribution in [-0.4, -0.2) is 10.1 Å². The van der Waals surface area contributed by atoms with Gasteiger partial charge in [-0.25, -0.2) is 0 Å². The summed E-state index contributed by atoms with van der Waals surface area (Å²) in [6, 6.07) is 3.33. The molecule has 0 bridgehead atoms. The second-order valence-corrected chi connectivity index (χ2v) is 3.35. The van der Waals surface area contributed by atoms with E-state index in [1.54, 1.807) is 32.2 Å². The molecule has 0 radical (unpaired) electrons. The van der Waals surface area contributed by atoms with Gasteiger partial charge in [0.15, 0.2) is 0 Å². The van der Waals surface area contributed by atoms with Gasteiger partial charge < -0.3 is 5.11 Å². The summed E-state index contributed by atoms with van der Waals surface area (Å²) in [7, 11) is 0. The first-order valence-electron chi connectivity index (χ1n) is 3.34. The number of pyridine rings is 1. The van der Waals surface area contributed by atoms with Gasteiger partial charge in [0.25, 0.3) is 0 Å². The fourth-order valence-corrected chi connectivity index (χ4v) is 0.899. The first kappa shape index (κ1) is 8.50. The first-order valence-corrected chi connectivity index (χ1v) is 3.72. The minimum Gasteiger partial charge on any atom is -0.384 e. The second-order valence-electron chi connectivity index (χ2n) is 2.92. The van der Waals surface area contributed by atoms with Gasteiger partial charge in [0.2, 0.25) is 0 Å². The molecule has 1 N–H and O–H groups in total. The Bertz CT molecular complexity index is 255. The maximum absolute atomic E-state index is 9.49. The highest BCUT2D eigenvalue weighted by atomic mass is 35.5. The Balaban J connectivity index is 3.06. The molecule has 0 aliphatic heterocycles. The Labute approximate surface area is 70.8 Å². The zero-order valence-electron chi connectivity index (χ0n) is 6.50. The maximum atomic E-state index is 9.49. The Kier molecular flexibility index (Phi) is 2.16. The molecule has 0 aliphatic rings. The van der Waals surface area contributed by atoms with Crippen LogP contribution in [0.1, 0.15) is 19.5 Å². The van der Waals surface area contributed by atoms with Gasteiger partial charge in [-0.2, -0.15) is 0 Å². The molecule has 0 unspecified atom stereocenters. The molecule has 0 fully saturated rings. The van der Waals surface area contributed by atoms with Gasteiger partial charge in [0.1, 0.15) is 5.60 Å². The summed E-state index contributed by atoms with van der Waals surface area (Å²) in [6.45, 7) is 3.34. The second kappa shape index (κ2) is 2.80. The summed E-state index contributed by atoms with van der Waals surface area (Å²) in [5.41, 5.74) is -0.324. The fourth-order valence-electron chi connectivity index (χ4n) is 0.739. The molecule has 0 atom stereocenters. The monoisotopic (exact) mass is 171 g/mol. The molecular weight excluding hydrogens is 162 g/mol. The van der Waals surface area contributed by atoms with Crippen LogP contribution in [0.4, 0.5) is 0 Å². The third-order valence-corrected chi connectivity index (χ3v) is 1.58. The van der Waals surface area contributed by atoms with Crippen LogP contribution in [0, 0.1) is 0 Å². The SMILES string of the molecule is CC(C)(O)c1cc(Cl)ccn1. The predicted molar refractivity (Wildman–Crippen MR) is 44.5 cm³/mol. The van der Waals surface area contributed by atoms with E-state index in [1.165, 1.54) is 0 Å². The molecule has 0 saturated heterocycles. The first-order chi connectivity index (χ1) is 5.00. The Hall–Kier alpha value is -0.600. The summed E-state index contributed by atoms with van der Waals surface area (Å²) in [5.74, 6) is 0. The molecule has 11 heavy (non-hydrogen) atoms. The van der Waals surface area contributed by atoms with E-state index in [4.69, 9.17) is 11.6 Å². The van der Waals surface area contributed by atoms with Crippen molar-refractivity contribution in [2.24, 2.45) is 0 Å². The van der Waals surface area contributed by atoms with Crippen molar-refractivity contribution in [3.63, 3.8) is 0 Å². The van der Waals surface area contributed by atoms with Gasteiger partial charge in [-0.1, -0.05) is 11.6 Å². The zero-order chi connectivity index (χ0) is 8.48. The van der Waals surface area contributed by atoms with Crippen molar-refractivity contribution in [1.29, 1.82) is 0 Å². The molecule has 60 valence electrons. The normalized spacial score (nSPS) is 11.6. The molecule has 2 nitrogen and oxygen atoms in total. The molecule has 1 aromatic heterocycles. The molecule has 0 saturated carbocycles. The number of rotatable bonds is 1. The van der Waals surface area contributed by atoms with E-state index in [9.17, 15) is 5.11 Å². The lowest BCUT2D eigenvalue weighted by Crippen LogP contribution is -2.16. The van der Waals surface area contributed by atoms with Crippen LogP contribution in [-0.2, 0) is 5.60 Å². The number of aromatic nitrogens is 1. The summed E-state index contributed by atoms with van der Waals surface area (Å²) in [6.07, 6.45) is 1.58. The van der Waals surface area contributed by atoms with Gasteiger partial charge >= 0.3 is 0 Å². The Morgan fingerprint density at radius 3 is 2.55 bits per heavy atom. The lowest BCUT2D eigenvalue weighted by atomic mass is 10.1. The van der Waals surface area contributed by atoms with Crippen molar-refractivity contribution in [3.05, 3.63) is 29.0 Å². The van der Waals surface area contributed by atoms with Crippen LogP contribution >= 0.6 is 11.6 Å². The summed E-state index contributed by atoms with van der Waals surface area (Å²) >= 11 is 5.70. The van der Waals surface area contributed by atoms with Crippen molar-refractivity contribution < 1.29 is 5.11 Å². The Morgan fingerprint density at radius 2 is 2.18 bits per heavy atom. The smallest absolute Gasteiger partial charge is 0.101 e. The molecule has 1 rings (SSSR count). The lowest BCUT2D eigenvalue weighted by molar-refractivity contribution is 0.0739. The lowest BCUT2D eigenvalue weighted by Gasteiger charge is -2.15. The average molecular weight is 172 g/mol. The summed E-state index contributed by atoms with van der Waals surface area (Å²) < 4.78 is 0. The molecule has 0 aromatic carbocycles. The highest BCUT2D eigenvalue weighted by Gasteiger charge is 2.17. The van der Waals surface area contributed by atoms with E-state index in [0.29, 0.717) is 10.7 Å². The van der Waals surface area contributed by atoms with Crippen molar-refractivity contribution in [1.82, 2.24) is 4.98 Å². The van der Waals surface area contributed by atoms with Crippen molar-refractivity contribution in [3.8, 4) is 0 Å². The molecule has 3 heteroatoms. The van der Waals surface area contributed by atoms with Gasteiger partial charge in [0.05, 0.1) is 5.69 Å².